The van der Waals surface area contributed by atoms with Crippen molar-refractivity contribution in [1.29, 1.82) is 0 Å². The van der Waals surface area contributed by atoms with Gasteiger partial charge in [0.05, 0.1) is 23.2 Å². The molecule has 2 heterocycles. The second-order valence-corrected chi connectivity index (χ2v) is 12.2. The Kier molecular flexibility index (Phi) is 7.35. The van der Waals surface area contributed by atoms with Crippen LogP contribution in [0, 0.1) is 17.3 Å². The number of aryl methyl sites for hydroxylation is 1. The molecule has 2 aliphatic carbocycles. The Balaban J connectivity index is 1.38. The van der Waals surface area contributed by atoms with Crippen molar-refractivity contribution in [3.63, 3.8) is 0 Å². The summed E-state index contributed by atoms with van der Waals surface area (Å²) in [6.45, 7) is 6.39. The maximum absolute atomic E-state index is 13.6. The van der Waals surface area contributed by atoms with E-state index in [0.717, 1.165) is 49.6 Å². The topological polar surface area (TPSA) is 67.5 Å². The van der Waals surface area contributed by atoms with Crippen LogP contribution in [0.15, 0.2) is 29.1 Å². The van der Waals surface area contributed by atoms with Gasteiger partial charge in [0.25, 0.3) is 0 Å². The van der Waals surface area contributed by atoms with Crippen LogP contribution in [0.25, 0.3) is 11.0 Å². The van der Waals surface area contributed by atoms with Gasteiger partial charge in [-0.2, -0.15) is 0 Å². The first-order valence-electron chi connectivity index (χ1n) is 14.6. The Morgan fingerprint density at radius 2 is 1.69 bits per heavy atom. The number of carbonyl (C=O) groups is 1. The molecule has 1 spiro atoms. The predicted octanol–water partition coefficient (Wildman–Crippen LogP) is 5.34. The molecule has 3 aliphatic rings. The van der Waals surface area contributed by atoms with Crippen molar-refractivity contribution in [3.05, 3.63) is 34.7 Å². The molecule has 1 aliphatic heterocycles. The Hall–Kier alpha value is -2.08. The summed E-state index contributed by atoms with van der Waals surface area (Å²) >= 11 is 0. The first-order valence-corrected chi connectivity index (χ1v) is 14.6. The number of aliphatic hydroxyl groups is 1. The Morgan fingerprint density at radius 1 is 1.03 bits per heavy atom. The zero-order valence-electron chi connectivity index (χ0n) is 22.4. The fourth-order valence-corrected chi connectivity index (χ4v) is 7.75. The first kappa shape index (κ1) is 25.6. The van der Waals surface area contributed by atoms with E-state index >= 15 is 0 Å². The van der Waals surface area contributed by atoms with Crippen LogP contribution in [-0.2, 0) is 17.9 Å². The molecule has 0 bridgehead atoms. The van der Waals surface area contributed by atoms with Crippen LogP contribution < -0.4 is 5.69 Å². The van der Waals surface area contributed by atoms with Crippen LogP contribution in [0.2, 0.25) is 0 Å². The van der Waals surface area contributed by atoms with Gasteiger partial charge in [-0.15, -0.1) is 0 Å². The molecule has 5 rings (SSSR count). The number of rotatable bonds is 7. The third-order valence-electron chi connectivity index (χ3n) is 9.77. The zero-order valence-corrected chi connectivity index (χ0v) is 22.4. The fraction of sp³-hybridized carbons (Fsp3) is 0.733. The highest BCUT2D eigenvalue weighted by molar-refractivity contribution is 5.79. The number of hydrogen-bond donors (Lipinski definition) is 1. The summed E-state index contributed by atoms with van der Waals surface area (Å²) in [7, 11) is 0. The lowest BCUT2D eigenvalue weighted by atomic mass is 9.65. The number of piperidine rings is 1. The molecule has 1 N–H and O–H groups in total. The van der Waals surface area contributed by atoms with Gasteiger partial charge >= 0.3 is 5.69 Å². The monoisotopic (exact) mass is 495 g/mol. The number of para-hydroxylation sites is 2. The molecule has 1 saturated heterocycles. The molecule has 2 saturated carbocycles. The standard InChI is InChI=1S/C30H45N3O3/c1-3-18-32-25-13-7-8-14-26(25)33(28(32)35)22-30(36)17-19-31(21-29(30)15-9-10-16-29)27(34)23(2)20-24-11-5-4-6-12-24/h7-8,13-14,23-24,36H,3-6,9-12,15-22H2,1-2H3. The van der Waals surface area contributed by atoms with Crippen molar-refractivity contribution in [2.75, 3.05) is 13.1 Å². The maximum atomic E-state index is 13.6. The number of fused-ring (bicyclic) bond motifs is 1. The highest BCUT2D eigenvalue weighted by Gasteiger charge is 2.56. The smallest absolute Gasteiger partial charge is 0.329 e. The number of hydrogen-bond acceptors (Lipinski definition) is 3. The number of amides is 1. The van der Waals surface area contributed by atoms with Gasteiger partial charge in [-0.05, 0) is 50.2 Å². The third-order valence-corrected chi connectivity index (χ3v) is 9.77. The summed E-state index contributed by atoms with van der Waals surface area (Å²) in [5.41, 5.74) is 0.491. The molecule has 198 valence electrons. The van der Waals surface area contributed by atoms with Crippen LogP contribution >= 0.6 is 0 Å². The first-order chi connectivity index (χ1) is 17.4. The predicted molar refractivity (Wildman–Crippen MR) is 144 cm³/mol. The van der Waals surface area contributed by atoms with Crippen molar-refractivity contribution in [1.82, 2.24) is 14.0 Å². The van der Waals surface area contributed by atoms with Gasteiger partial charge < -0.3 is 10.0 Å². The van der Waals surface area contributed by atoms with Crippen LogP contribution in [0.1, 0.15) is 90.9 Å². The molecule has 3 fully saturated rings. The molecule has 1 amide bonds. The van der Waals surface area contributed by atoms with E-state index in [0.29, 0.717) is 38.5 Å². The van der Waals surface area contributed by atoms with Gasteiger partial charge in [0.15, 0.2) is 0 Å². The van der Waals surface area contributed by atoms with Crippen molar-refractivity contribution in [2.45, 2.75) is 110 Å². The fourth-order valence-electron chi connectivity index (χ4n) is 7.75. The molecule has 6 nitrogen and oxygen atoms in total. The molecule has 1 aromatic heterocycles. The molecule has 0 radical (unpaired) electrons. The summed E-state index contributed by atoms with van der Waals surface area (Å²) in [6.07, 6.45) is 12.9. The van der Waals surface area contributed by atoms with E-state index in [1.165, 1.54) is 32.1 Å². The molecule has 2 aromatic rings. The molecule has 6 heteroatoms. The average molecular weight is 496 g/mol. The Morgan fingerprint density at radius 3 is 2.36 bits per heavy atom. The Labute approximate surface area is 215 Å². The van der Waals surface area contributed by atoms with Crippen LogP contribution in [0.3, 0.4) is 0 Å². The third kappa shape index (κ3) is 4.55. The quantitative estimate of drug-likeness (QED) is 0.564. The van der Waals surface area contributed by atoms with Crippen molar-refractivity contribution in [3.8, 4) is 0 Å². The average Bonchev–Trinajstić information content (AvgIpc) is 3.46. The number of imidazole rings is 1. The highest BCUT2D eigenvalue weighted by Crippen LogP contribution is 2.52. The molecule has 36 heavy (non-hydrogen) atoms. The number of carbonyl (C=O) groups excluding carboxylic acids is 1. The van der Waals surface area contributed by atoms with Gasteiger partial charge in [-0.3, -0.25) is 13.9 Å². The lowest BCUT2D eigenvalue weighted by Gasteiger charge is -2.52. The summed E-state index contributed by atoms with van der Waals surface area (Å²) in [5, 5.41) is 12.3. The van der Waals surface area contributed by atoms with E-state index in [9.17, 15) is 14.7 Å². The van der Waals surface area contributed by atoms with Gasteiger partial charge in [0, 0.05) is 31.0 Å². The van der Waals surface area contributed by atoms with E-state index in [1.807, 2.05) is 33.4 Å². The minimum absolute atomic E-state index is 0.0285. The molecular formula is C30H45N3O3. The second kappa shape index (κ2) is 10.4. The van der Waals surface area contributed by atoms with Crippen molar-refractivity contribution in [2.24, 2.45) is 17.3 Å². The van der Waals surface area contributed by atoms with Gasteiger partial charge in [0.1, 0.15) is 0 Å². The van der Waals surface area contributed by atoms with Crippen LogP contribution in [-0.4, -0.2) is 43.7 Å². The van der Waals surface area contributed by atoms with E-state index < -0.39 is 5.60 Å². The van der Waals surface area contributed by atoms with E-state index in [4.69, 9.17) is 0 Å². The van der Waals surface area contributed by atoms with Crippen molar-refractivity contribution >= 4 is 16.9 Å². The maximum Gasteiger partial charge on any atom is 0.329 e. The summed E-state index contributed by atoms with van der Waals surface area (Å²) in [4.78, 5) is 29.1. The number of benzene rings is 1. The van der Waals surface area contributed by atoms with Gasteiger partial charge in [-0.25, -0.2) is 4.79 Å². The van der Waals surface area contributed by atoms with Gasteiger partial charge in [-0.1, -0.05) is 70.9 Å². The minimum Gasteiger partial charge on any atom is -0.387 e. The van der Waals surface area contributed by atoms with Gasteiger partial charge in [0.2, 0.25) is 5.91 Å². The normalized spacial score (nSPS) is 25.6. The van der Waals surface area contributed by atoms with E-state index in [-0.39, 0.29) is 22.9 Å². The lowest BCUT2D eigenvalue weighted by molar-refractivity contribution is -0.163. The largest absolute Gasteiger partial charge is 0.387 e. The van der Waals surface area contributed by atoms with Crippen molar-refractivity contribution < 1.29 is 9.90 Å². The summed E-state index contributed by atoms with van der Waals surface area (Å²) in [5.74, 6) is 1.00. The molecule has 2 atom stereocenters. The number of likely N-dealkylation sites (tertiary alicyclic amines) is 1. The Bertz CT molecular complexity index is 1120. The summed E-state index contributed by atoms with van der Waals surface area (Å²) in [6, 6.07) is 7.95. The van der Waals surface area contributed by atoms with E-state index in [2.05, 4.69) is 18.7 Å². The highest BCUT2D eigenvalue weighted by atomic mass is 16.3. The molecule has 1 aromatic carbocycles. The molecule has 2 unspecified atom stereocenters. The number of nitrogens with zero attached hydrogens (tertiary/aromatic N) is 3. The SMILES string of the molecule is CCCn1c(=O)n(CC2(O)CCN(C(=O)C(C)CC3CCCCC3)CC23CCCC3)c2ccccc21. The van der Waals surface area contributed by atoms with E-state index in [1.54, 1.807) is 0 Å². The lowest BCUT2D eigenvalue weighted by Crippen LogP contribution is -2.62. The van der Waals surface area contributed by atoms with Crippen LogP contribution in [0.5, 0.6) is 0 Å². The molecular weight excluding hydrogens is 450 g/mol. The number of aromatic nitrogens is 2. The van der Waals surface area contributed by atoms with Crippen LogP contribution in [0.4, 0.5) is 0 Å². The second-order valence-electron chi connectivity index (χ2n) is 12.2. The zero-order chi connectivity index (χ0) is 25.3. The minimum atomic E-state index is -0.988. The summed E-state index contributed by atoms with van der Waals surface area (Å²) < 4.78 is 3.67.